The van der Waals surface area contributed by atoms with Crippen LogP contribution in [0, 0.1) is 0 Å². The second kappa shape index (κ2) is 9.16. The molecular formula is C19H31N3O2. The lowest BCUT2D eigenvalue weighted by atomic mass is 9.90. The Kier molecular flexibility index (Phi) is 7.21. The van der Waals surface area contributed by atoms with Gasteiger partial charge >= 0.3 is 0 Å². The second-order valence-electron chi connectivity index (χ2n) is 6.56. The van der Waals surface area contributed by atoms with E-state index >= 15 is 0 Å². The zero-order valence-corrected chi connectivity index (χ0v) is 15.1. The van der Waals surface area contributed by atoms with Crippen LogP contribution in [-0.4, -0.2) is 43.8 Å². The molecule has 2 rings (SSSR count). The lowest BCUT2D eigenvalue weighted by Gasteiger charge is -2.37. The molecule has 0 bridgehead atoms. The molecule has 3 N–H and O–H groups in total. The minimum atomic E-state index is -0.239. The van der Waals surface area contributed by atoms with Crippen LogP contribution in [0.4, 0.5) is 0 Å². The second-order valence-corrected chi connectivity index (χ2v) is 6.56. The van der Waals surface area contributed by atoms with Crippen LogP contribution in [0.3, 0.4) is 0 Å². The first-order valence-corrected chi connectivity index (χ1v) is 9.01. The van der Waals surface area contributed by atoms with Gasteiger partial charge in [0.25, 0.3) is 0 Å². The van der Waals surface area contributed by atoms with E-state index in [1.807, 2.05) is 6.07 Å². The van der Waals surface area contributed by atoms with Crippen LogP contribution < -0.4 is 16.0 Å². The summed E-state index contributed by atoms with van der Waals surface area (Å²) >= 11 is 0. The van der Waals surface area contributed by atoms with Gasteiger partial charge in [-0.1, -0.05) is 44.2 Å². The molecule has 0 saturated carbocycles. The summed E-state index contributed by atoms with van der Waals surface area (Å²) in [6.07, 6.45) is 1.91. The third kappa shape index (κ3) is 5.03. The third-order valence-electron chi connectivity index (χ3n) is 5.01. The molecule has 0 radical (unpaired) electrons. The Labute approximate surface area is 145 Å². The average molecular weight is 333 g/mol. The molecule has 2 atom stereocenters. The number of carbonyl (C=O) groups is 1. The quantitative estimate of drug-likeness (QED) is 0.681. The number of amides is 1. The van der Waals surface area contributed by atoms with E-state index in [4.69, 9.17) is 4.74 Å². The summed E-state index contributed by atoms with van der Waals surface area (Å²) in [5.41, 5.74) is 1.15. The molecule has 1 aliphatic rings. The fourth-order valence-electron chi connectivity index (χ4n) is 3.15. The fraction of sp³-hybridized carbons (Fsp3) is 0.632. The maximum atomic E-state index is 12.4. The van der Waals surface area contributed by atoms with Crippen molar-refractivity contribution >= 4 is 5.91 Å². The Morgan fingerprint density at radius 3 is 2.62 bits per heavy atom. The maximum Gasteiger partial charge on any atom is 0.239 e. The van der Waals surface area contributed by atoms with Gasteiger partial charge in [-0.2, -0.15) is 0 Å². The smallest absolute Gasteiger partial charge is 0.239 e. The average Bonchev–Trinajstić information content (AvgIpc) is 2.66. The van der Waals surface area contributed by atoms with Crippen molar-refractivity contribution in [1.29, 1.82) is 0 Å². The van der Waals surface area contributed by atoms with Gasteiger partial charge in [0.05, 0.1) is 13.2 Å². The minimum Gasteiger partial charge on any atom is -0.378 e. The summed E-state index contributed by atoms with van der Waals surface area (Å²) < 4.78 is 5.37. The van der Waals surface area contributed by atoms with Gasteiger partial charge in [-0.25, -0.2) is 0 Å². The van der Waals surface area contributed by atoms with Crippen LogP contribution in [0.1, 0.15) is 45.2 Å². The lowest BCUT2D eigenvalue weighted by molar-refractivity contribution is -0.126. The molecule has 1 aliphatic heterocycles. The normalized spacial score (nSPS) is 19.7. The first-order chi connectivity index (χ1) is 11.6. The Morgan fingerprint density at radius 1 is 1.33 bits per heavy atom. The highest BCUT2D eigenvalue weighted by Gasteiger charge is 2.30. The molecule has 1 aromatic carbocycles. The standard InChI is InChI=1S/C19H31N3O2/c1-4-19(5-2,22-15(3)16-9-7-6-8-10-16)14-21-18(23)17-13-24-12-11-20-17/h6-10,15,17,20,22H,4-5,11-14H2,1-3H3,(H,21,23). The largest absolute Gasteiger partial charge is 0.378 e. The zero-order valence-electron chi connectivity index (χ0n) is 15.1. The number of carbonyl (C=O) groups excluding carboxylic acids is 1. The summed E-state index contributed by atoms with van der Waals surface area (Å²) in [7, 11) is 0. The molecule has 0 aromatic heterocycles. The Morgan fingerprint density at radius 2 is 2.04 bits per heavy atom. The van der Waals surface area contributed by atoms with Crippen molar-refractivity contribution in [3.63, 3.8) is 0 Å². The molecule has 5 heteroatoms. The molecule has 1 aromatic rings. The van der Waals surface area contributed by atoms with Gasteiger partial charge < -0.3 is 20.7 Å². The van der Waals surface area contributed by atoms with Gasteiger partial charge in [0.2, 0.25) is 5.91 Å². The van der Waals surface area contributed by atoms with Crippen LogP contribution in [0.25, 0.3) is 0 Å². The summed E-state index contributed by atoms with van der Waals surface area (Å²) in [6.45, 7) is 8.99. The van der Waals surface area contributed by atoms with Gasteiger partial charge in [0, 0.05) is 24.7 Å². The van der Waals surface area contributed by atoms with Crippen molar-refractivity contribution in [2.75, 3.05) is 26.3 Å². The van der Waals surface area contributed by atoms with Gasteiger partial charge in [-0.05, 0) is 25.3 Å². The predicted molar refractivity (Wildman–Crippen MR) is 96.9 cm³/mol. The molecule has 2 unspecified atom stereocenters. The van der Waals surface area contributed by atoms with Crippen LogP contribution in [0.15, 0.2) is 30.3 Å². The molecule has 134 valence electrons. The molecule has 1 saturated heterocycles. The number of hydrogen-bond donors (Lipinski definition) is 3. The SMILES string of the molecule is CCC(CC)(CNC(=O)C1COCCN1)NC(C)c1ccccc1. The Balaban J connectivity index is 1.94. The predicted octanol–water partition coefficient (Wildman–Crippen LogP) is 2.00. The molecular weight excluding hydrogens is 302 g/mol. The van der Waals surface area contributed by atoms with E-state index in [1.54, 1.807) is 0 Å². The molecule has 0 spiro atoms. The van der Waals surface area contributed by atoms with Crippen LogP contribution in [-0.2, 0) is 9.53 Å². The van der Waals surface area contributed by atoms with E-state index in [-0.39, 0.29) is 23.5 Å². The van der Waals surface area contributed by atoms with Crippen molar-refractivity contribution in [3.05, 3.63) is 35.9 Å². The van der Waals surface area contributed by atoms with Gasteiger partial charge in [-0.3, -0.25) is 4.79 Å². The maximum absolute atomic E-state index is 12.4. The molecule has 1 heterocycles. The topological polar surface area (TPSA) is 62.4 Å². The highest BCUT2D eigenvalue weighted by molar-refractivity contribution is 5.82. The summed E-state index contributed by atoms with van der Waals surface area (Å²) in [6, 6.07) is 10.4. The highest BCUT2D eigenvalue weighted by Crippen LogP contribution is 2.21. The lowest BCUT2D eigenvalue weighted by Crippen LogP contribution is -2.57. The van der Waals surface area contributed by atoms with E-state index in [2.05, 4.69) is 61.0 Å². The number of morpholine rings is 1. The van der Waals surface area contributed by atoms with Crippen LogP contribution in [0.2, 0.25) is 0 Å². The monoisotopic (exact) mass is 333 g/mol. The van der Waals surface area contributed by atoms with E-state index in [1.165, 1.54) is 5.56 Å². The van der Waals surface area contributed by atoms with Gasteiger partial charge in [-0.15, -0.1) is 0 Å². The first-order valence-electron chi connectivity index (χ1n) is 9.01. The summed E-state index contributed by atoms with van der Waals surface area (Å²) in [4.78, 5) is 12.4. The molecule has 5 nitrogen and oxygen atoms in total. The van der Waals surface area contributed by atoms with E-state index in [0.717, 1.165) is 19.4 Å². The summed E-state index contributed by atoms with van der Waals surface area (Å²) in [5.74, 6) is 0.0233. The molecule has 1 amide bonds. The van der Waals surface area contributed by atoms with Crippen molar-refractivity contribution in [2.45, 2.75) is 51.2 Å². The number of nitrogens with one attached hydrogen (secondary N) is 3. The molecule has 24 heavy (non-hydrogen) atoms. The van der Waals surface area contributed by atoms with Gasteiger partial charge in [0.15, 0.2) is 0 Å². The van der Waals surface area contributed by atoms with E-state index in [9.17, 15) is 4.79 Å². The van der Waals surface area contributed by atoms with Crippen molar-refractivity contribution < 1.29 is 9.53 Å². The van der Waals surface area contributed by atoms with E-state index in [0.29, 0.717) is 19.8 Å². The Hall–Kier alpha value is -1.43. The van der Waals surface area contributed by atoms with E-state index < -0.39 is 0 Å². The zero-order chi connectivity index (χ0) is 17.4. The number of hydrogen-bond acceptors (Lipinski definition) is 4. The molecule has 0 aliphatic carbocycles. The number of benzene rings is 1. The highest BCUT2D eigenvalue weighted by atomic mass is 16.5. The first kappa shape index (κ1) is 18.9. The van der Waals surface area contributed by atoms with Crippen molar-refractivity contribution in [2.24, 2.45) is 0 Å². The van der Waals surface area contributed by atoms with Gasteiger partial charge in [0.1, 0.15) is 6.04 Å². The van der Waals surface area contributed by atoms with Crippen molar-refractivity contribution in [1.82, 2.24) is 16.0 Å². The van der Waals surface area contributed by atoms with Crippen molar-refractivity contribution in [3.8, 4) is 0 Å². The summed E-state index contributed by atoms with van der Waals surface area (Å²) in [5, 5.41) is 10.0. The van der Waals surface area contributed by atoms with Crippen LogP contribution >= 0.6 is 0 Å². The molecule has 1 fully saturated rings. The minimum absolute atomic E-state index is 0.0233. The fourth-order valence-corrected chi connectivity index (χ4v) is 3.15. The third-order valence-corrected chi connectivity index (χ3v) is 5.01. The Bertz CT molecular complexity index is 497. The number of ether oxygens (including phenoxy) is 1. The number of rotatable bonds is 8. The van der Waals surface area contributed by atoms with Crippen LogP contribution in [0.5, 0.6) is 0 Å².